The second kappa shape index (κ2) is 5.11. The van der Waals surface area contributed by atoms with Crippen LogP contribution in [0.1, 0.15) is 33.1 Å². The van der Waals surface area contributed by atoms with Crippen LogP contribution in [0.15, 0.2) is 0 Å². The zero-order valence-corrected chi connectivity index (χ0v) is 9.12. The number of nitrogens with one attached hydrogen (secondary N) is 2. The van der Waals surface area contributed by atoms with Gasteiger partial charge in [0.15, 0.2) is 0 Å². The zero-order valence-electron chi connectivity index (χ0n) is 9.12. The van der Waals surface area contributed by atoms with Crippen LogP contribution in [0.4, 0.5) is 0 Å². The third-order valence-electron chi connectivity index (χ3n) is 2.63. The molecule has 2 amide bonds. The van der Waals surface area contributed by atoms with E-state index in [-0.39, 0.29) is 23.9 Å². The normalized spacial score (nSPS) is 30.7. The van der Waals surface area contributed by atoms with Crippen LogP contribution in [0, 0.1) is 0 Å². The molecule has 1 aliphatic rings. The summed E-state index contributed by atoms with van der Waals surface area (Å²) in [5, 5.41) is 15.3. The molecule has 1 fully saturated rings. The maximum absolute atomic E-state index is 10.9. The van der Waals surface area contributed by atoms with E-state index in [1.807, 2.05) is 0 Å². The highest BCUT2D eigenvalue weighted by Crippen LogP contribution is 2.19. The molecule has 86 valence electrons. The van der Waals surface area contributed by atoms with Crippen molar-refractivity contribution in [2.75, 3.05) is 0 Å². The molecule has 5 nitrogen and oxygen atoms in total. The second-order valence-corrected chi connectivity index (χ2v) is 4.04. The predicted molar refractivity (Wildman–Crippen MR) is 55.1 cm³/mol. The second-order valence-electron chi connectivity index (χ2n) is 4.04. The Hall–Kier alpha value is -1.10. The van der Waals surface area contributed by atoms with Crippen LogP contribution >= 0.6 is 0 Å². The number of rotatable bonds is 2. The molecule has 1 aliphatic carbocycles. The van der Waals surface area contributed by atoms with Crippen LogP contribution in [0.25, 0.3) is 0 Å². The molecular weight excluding hydrogens is 196 g/mol. The first-order valence-electron chi connectivity index (χ1n) is 5.23. The Morgan fingerprint density at radius 3 is 1.80 bits per heavy atom. The van der Waals surface area contributed by atoms with Gasteiger partial charge in [-0.1, -0.05) is 0 Å². The fraction of sp³-hybridized carbons (Fsp3) is 0.800. The Morgan fingerprint density at radius 2 is 1.47 bits per heavy atom. The summed E-state index contributed by atoms with van der Waals surface area (Å²) in [6.07, 6.45) is 1.73. The van der Waals surface area contributed by atoms with Crippen molar-refractivity contribution in [1.82, 2.24) is 10.6 Å². The van der Waals surface area contributed by atoms with Gasteiger partial charge in [-0.3, -0.25) is 9.59 Å². The predicted octanol–water partition coefficient (Wildman–Crippen LogP) is -0.459. The van der Waals surface area contributed by atoms with Gasteiger partial charge in [0.25, 0.3) is 0 Å². The van der Waals surface area contributed by atoms with Crippen molar-refractivity contribution in [3.8, 4) is 0 Å². The van der Waals surface area contributed by atoms with E-state index in [4.69, 9.17) is 0 Å². The Bertz CT molecular complexity index is 231. The van der Waals surface area contributed by atoms with Crippen molar-refractivity contribution in [3.63, 3.8) is 0 Å². The molecule has 0 aliphatic heterocycles. The van der Waals surface area contributed by atoms with Crippen molar-refractivity contribution < 1.29 is 14.7 Å². The van der Waals surface area contributed by atoms with E-state index in [1.54, 1.807) is 0 Å². The minimum Gasteiger partial charge on any atom is -0.389 e. The number of aliphatic hydroxyl groups excluding tert-OH is 1. The van der Waals surface area contributed by atoms with Crippen molar-refractivity contribution in [2.45, 2.75) is 51.3 Å². The molecule has 0 radical (unpaired) electrons. The van der Waals surface area contributed by atoms with Crippen LogP contribution in [0.2, 0.25) is 0 Å². The Labute approximate surface area is 89.2 Å². The van der Waals surface area contributed by atoms with Gasteiger partial charge in [-0.05, 0) is 19.3 Å². The van der Waals surface area contributed by atoms with Crippen molar-refractivity contribution in [3.05, 3.63) is 0 Å². The smallest absolute Gasteiger partial charge is 0.217 e. The highest BCUT2D eigenvalue weighted by atomic mass is 16.3. The summed E-state index contributed by atoms with van der Waals surface area (Å²) in [4.78, 5) is 21.8. The first kappa shape index (κ1) is 12.0. The summed E-state index contributed by atoms with van der Waals surface area (Å²) in [6, 6.07) is -0.485. The Morgan fingerprint density at radius 1 is 1.07 bits per heavy atom. The molecule has 0 aromatic rings. The Kier molecular flexibility index (Phi) is 4.08. The summed E-state index contributed by atoms with van der Waals surface area (Å²) in [5.41, 5.74) is 0. The molecular formula is C10H18N2O3. The zero-order chi connectivity index (χ0) is 11.4. The highest BCUT2D eigenvalue weighted by Gasteiger charge is 2.32. The fourth-order valence-corrected chi connectivity index (χ4v) is 2.02. The quantitative estimate of drug-likeness (QED) is 0.582. The van der Waals surface area contributed by atoms with Crippen LogP contribution in [-0.4, -0.2) is 35.1 Å². The third kappa shape index (κ3) is 3.51. The van der Waals surface area contributed by atoms with Gasteiger partial charge in [-0.25, -0.2) is 0 Å². The molecule has 0 bridgehead atoms. The fourth-order valence-electron chi connectivity index (χ4n) is 2.02. The number of carbonyl (C=O) groups is 2. The first-order chi connectivity index (χ1) is 7.00. The van der Waals surface area contributed by atoms with Gasteiger partial charge in [0.1, 0.15) is 0 Å². The molecule has 0 aromatic heterocycles. The van der Waals surface area contributed by atoms with E-state index in [0.29, 0.717) is 0 Å². The molecule has 0 heterocycles. The number of carbonyl (C=O) groups excluding carboxylic acids is 2. The molecule has 1 rings (SSSR count). The van der Waals surface area contributed by atoms with Gasteiger partial charge in [-0.2, -0.15) is 0 Å². The summed E-state index contributed by atoms with van der Waals surface area (Å²) in [7, 11) is 0. The number of amides is 2. The molecule has 1 saturated carbocycles. The maximum Gasteiger partial charge on any atom is 0.217 e. The van der Waals surface area contributed by atoms with Gasteiger partial charge in [0.2, 0.25) is 11.8 Å². The monoisotopic (exact) mass is 214 g/mol. The molecule has 0 saturated heterocycles. The van der Waals surface area contributed by atoms with Gasteiger partial charge in [-0.15, -0.1) is 0 Å². The lowest BCUT2D eigenvalue weighted by molar-refractivity contribution is -0.122. The highest BCUT2D eigenvalue weighted by molar-refractivity contribution is 5.74. The van der Waals surface area contributed by atoms with Crippen molar-refractivity contribution in [1.29, 1.82) is 0 Å². The van der Waals surface area contributed by atoms with E-state index >= 15 is 0 Å². The van der Waals surface area contributed by atoms with Gasteiger partial charge >= 0.3 is 0 Å². The maximum atomic E-state index is 10.9. The van der Waals surface area contributed by atoms with Crippen molar-refractivity contribution in [2.24, 2.45) is 0 Å². The van der Waals surface area contributed by atoms with Crippen LogP contribution < -0.4 is 10.6 Å². The summed E-state index contributed by atoms with van der Waals surface area (Å²) in [5.74, 6) is -0.301. The molecule has 0 spiro atoms. The lowest BCUT2D eigenvalue weighted by Crippen LogP contribution is -2.56. The standard InChI is InChI=1S/C10H18N2O3/c1-6(13)11-8-4-3-5-9(10(8)15)12-7(2)14/h8-10,15H,3-5H2,1-2H3,(H,11,13)(H,12,14). The van der Waals surface area contributed by atoms with Gasteiger partial charge in [0, 0.05) is 13.8 Å². The van der Waals surface area contributed by atoms with Gasteiger partial charge in [0.05, 0.1) is 18.2 Å². The largest absolute Gasteiger partial charge is 0.389 e. The molecule has 2 unspecified atom stereocenters. The summed E-state index contributed by atoms with van der Waals surface area (Å²) in [6.45, 7) is 2.85. The van der Waals surface area contributed by atoms with E-state index in [0.717, 1.165) is 19.3 Å². The topological polar surface area (TPSA) is 78.4 Å². The first-order valence-corrected chi connectivity index (χ1v) is 5.23. The molecule has 5 heteroatoms. The lowest BCUT2D eigenvalue weighted by Gasteiger charge is -2.35. The van der Waals surface area contributed by atoms with E-state index in [9.17, 15) is 14.7 Å². The number of hydrogen-bond acceptors (Lipinski definition) is 3. The van der Waals surface area contributed by atoms with Crippen LogP contribution in [0.5, 0.6) is 0 Å². The van der Waals surface area contributed by atoms with E-state index < -0.39 is 6.10 Å². The van der Waals surface area contributed by atoms with Crippen molar-refractivity contribution >= 4 is 11.8 Å². The summed E-state index contributed by atoms with van der Waals surface area (Å²) < 4.78 is 0. The Balaban J connectivity index is 2.54. The van der Waals surface area contributed by atoms with Crippen LogP contribution in [-0.2, 0) is 9.59 Å². The average molecular weight is 214 g/mol. The third-order valence-corrected chi connectivity index (χ3v) is 2.63. The van der Waals surface area contributed by atoms with Gasteiger partial charge < -0.3 is 15.7 Å². The molecule has 0 aromatic carbocycles. The minimum atomic E-state index is -0.688. The lowest BCUT2D eigenvalue weighted by atomic mass is 9.88. The van der Waals surface area contributed by atoms with E-state index in [2.05, 4.69) is 10.6 Å². The molecule has 15 heavy (non-hydrogen) atoms. The minimum absolute atomic E-state index is 0.150. The number of aliphatic hydroxyl groups is 1. The molecule has 2 atom stereocenters. The SMILES string of the molecule is CC(=O)NC1CCCC(NC(C)=O)C1O. The number of hydrogen-bond donors (Lipinski definition) is 3. The van der Waals surface area contributed by atoms with Crippen LogP contribution in [0.3, 0.4) is 0 Å². The molecule has 3 N–H and O–H groups in total. The summed E-state index contributed by atoms with van der Waals surface area (Å²) >= 11 is 0. The average Bonchev–Trinajstić information content (AvgIpc) is 2.10. The van der Waals surface area contributed by atoms with E-state index in [1.165, 1.54) is 13.8 Å².